The van der Waals surface area contributed by atoms with Crippen molar-refractivity contribution in [1.29, 1.82) is 0 Å². The van der Waals surface area contributed by atoms with E-state index < -0.39 is 6.04 Å². The van der Waals surface area contributed by atoms with Gasteiger partial charge in [-0.15, -0.1) is 0 Å². The first-order valence-corrected chi connectivity index (χ1v) is 12.8. The lowest BCUT2D eigenvalue weighted by Gasteiger charge is -2.29. The minimum Gasteiger partial charge on any atom is -0.497 e. The molecule has 3 aromatic carbocycles. The van der Waals surface area contributed by atoms with Crippen LogP contribution >= 0.6 is 11.6 Å². The molecule has 1 aromatic heterocycles. The van der Waals surface area contributed by atoms with E-state index in [0.717, 1.165) is 11.1 Å². The summed E-state index contributed by atoms with van der Waals surface area (Å²) in [6, 6.07) is 19.7. The summed E-state index contributed by atoms with van der Waals surface area (Å²) in [5.41, 5.74) is 3.59. The molecule has 0 unspecified atom stereocenters. The van der Waals surface area contributed by atoms with Crippen molar-refractivity contribution in [2.45, 2.75) is 26.5 Å². The average molecular weight is 546 g/mol. The van der Waals surface area contributed by atoms with Gasteiger partial charge in [0.2, 0.25) is 5.95 Å². The van der Waals surface area contributed by atoms with Crippen LogP contribution < -0.4 is 24.8 Å². The number of benzene rings is 3. The molecular formula is C29H28ClN5O4. The maximum atomic E-state index is 13.6. The van der Waals surface area contributed by atoms with Gasteiger partial charge in [-0.3, -0.25) is 4.79 Å². The predicted molar refractivity (Wildman–Crippen MR) is 150 cm³/mol. The van der Waals surface area contributed by atoms with E-state index in [4.69, 9.17) is 25.8 Å². The quantitative estimate of drug-likeness (QED) is 0.272. The number of nitrogens with one attached hydrogen (secondary N) is 2. The number of rotatable bonds is 9. The van der Waals surface area contributed by atoms with Crippen molar-refractivity contribution in [3.05, 3.63) is 100 Å². The van der Waals surface area contributed by atoms with E-state index in [1.165, 1.54) is 6.33 Å². The van der Waals surface area contributed by atoms with E-state index in [-0.39, 0.29) is 5.91 Å². The standard InChI is InChI=1S/C29H28ClN5O4/c1-4-38-25-15-20(7-14-24(25)39-16-19-5-8-21(30)9-6-19)27-26(18(2)33-29-31-17-32-35(27)29)28(36)34-22-10-12-23(37-3)13-11-22/h5-15,17,27H,4,16H2,1-3H3,(H,34,36)(H,31,32,33)/t27-/m0/s1. The number of ether oxygens (including phenoxy) is 3. The number of halogens is 1. The van der Waals surface area contributed by atoms with Gasteiger partial charge in [0.05, 0.1) is 19.3 Å². The Kier molecular flexibility index (Phi) is 7.69. The molecule has 200 valence electrons. The molecule has 0 saturated carbocycles. The van der Waals surface area contributed by atoms with Crippen molar-refractivity contribution in [2.75, 3.05) is 24.4 Å². The molecule has 2 N–H and O–H groups in total. The average Bonchev–Trinajstić information content (AvgIpc) is 3.41. The van der Waals surface area contributed by atoms with Crippen LogP contribution in [0.15, 0.2) is 84.3 Å². The number of carbonyl (C=O) groups is 1. The minimum atomic E-state index is -0.550. The highest BCUT2D eigenvalue weighted by Gasteiger charge is 2.34. The zero-order chi connectivity index (χ0) is 27.4. The Morgan fingerprint density at radius 3 is 2.54 bits per heavy atom. The van der Waals surface area contributed by atoms with Crippen molar-refractivity contribution in [1.82, 2.24) is 14.8 Å². The molecule has 0 spiro atoms. The number of hydrogen-bond acceptors (Lipinski definition) is 7. The Hall–Kier alpha value is -4.50. The van der Waals surface area contributed by atoms with Crippen molar-refractivity contribution in [2.24, 2.45) is 0 Å². The smallest absolute Gasteiger partial charge is 0.255 e. The zero-order valence-corrected chi connectivity index (χ0v) is 22.5. The lowest BCUT2D eigenvalue weighted by atomic mass is 9.94. The fourth-order valence-electron chi connectivity index (χ4n) is 4.39. The number of aromatic nitrogens is 3. The molecule has 1 aliphatic rings. The molecule has 9 nitrogen and oxygen atoms in total. The fraction of sp³-hybridized carbons (Fsp3) is 0.207. The van der Waals surface area contributed by atoms with Gasteiger partial charge in [-0.2, -0.15) is 10.1 Å². The number of anilines is 2. The molecule has 0 fully saturated rings. The number of allylic oxidation sites excluding steroid dienone is 1. The first-order valence-electron chi connectivity index (χ1n) is 12.4. The number of fused-ring (bicyclic) bond motifs is 1. The van der Waals surface area contributed by atoms with Gasteiger partial charge in [0.25, 0.3) is 5.91 Å². The number of amides is 1. The lowest BCUT2D eigenvalue weighted by molar-refractivity contribution is -0.113. The third kappa shape index (κ3) is 5.68. The molecule has 4 aromatic rings. The fourth-order valence-corrected chi connectivity index (χ4v) is 4.52. The molecule has 0 bridgehead atoms. The summed E-state index contributed by atoms with van der Waals surface area (Å²) in [7, 11) is 1.60. The summed E-state index contributed by atoms with van der Waals surface area (Å²) in [6.45, 7) is 4.56. The summed E-state index contributed by atoms with van der Waals surface area (Å²) >= 11 is 6.00. The second-order valence-corrected chi connectivity index (χ2v) is 9.27. The summed E-state index contributed by atoms with van der Waals surface area (Å²) in [5, 5.41) is 11.3. The Bertz CT molecular complexity index is 1500. The summed E-state index contributed by atoms with van der Waals surface area (Å²) in [6.07, 6.45) is 1.46. The lowest BCUT2D eigenvalue weighted by Crippen LogP contribution is -2.31. The Labute approximate surface area is 231 Å². The van der Waals surface area contributed by atoms with Crippen molar-refractivity contribution in [3.8, 4) is 17.2 Å². The van der Waals surface area contributed by atoms with E-state index >= 15 is 0 Å². The van der Waals surface area contributed by atoms with Gasteiger partial charge in [0.1, 0.15) is 24.7 Å². The molecule has 1 amide bonds. The molecule has 1 atom stereocenters. The minimum absolute atomic E-state index is 0.266. The normalized spacial score (nSPS) is 14.3. The van der Waals surface area contributed by atoms with Crippen LogP contribution in [0.1, 0.15) is 31.0 Å². The van der Waals surface area contributed by atoms with Crippen LogP contribution in [0.4, 0.5) is 11.6 Å². The number of carbonyl (C=O) groups excluding carboxylic acids is 1. The zero-order valence-electron chi connectivity index (χ0n) is 21.8. The van der Waals surface area contributed by atoms with E-state index in [1.54, 1.807) is 36.1 Å². The topological polar surface area (TPSA) is 99.5 Å². The highest BCUT2D eigenvalue weighted by Crippen LogP contribution is 2.39. The first kappa shape index (κ1) is 26.1. The Balaban J connectivity index is 1.46. The molecular weight excluding hydrogens is 518 g/mol. The molecule has 2 heterocycles. The predicted octanol–water partition coefficient (Wildman–Crippen LogP) is 5.85. The summed E-state index contributed by atoms with van der Waals surface area (Å²) in [4.78, 5) is 18.0. The molecule has 0 radical (unpaired) electrons. The first-order chi connectivity index (χ1) is 19.0. The van der Waals surface area contributed by atoms with Gasteiger partial charge in [-0.1, -0.05) is 29.8 Å². The van der Waals surface area contributed by atoms with Crippen LogP contribution in [-0.2, 0) is 11.4 Å². The van der Waals surface area contributed by atoms with Crippen molar-refractivity contribution < 1.29 is 19.0 Å². The van der Waals surface area contributed by atoms with Gasteiger partial charge in [-0.25, -0.2) is 4.68 Å². The summed E-state index contributed by atoms with van der Waals surface area (Å²) < 4.78 is 19.0. The van der Waals surface area contributed by atoms with Crippen LogP contribution in [-0.4, -0.2) is 34.4 Å². The molecule has 5 rings (SSSR count). The van der Waals surface area contributed by atoms with E-state index in [9.17, 15) is 4.79 Å². The maximum absolute atomic E-state index is 13.6. The van der Waals surface area contributed by atoms with Gasteiger partial charge in [0, 0.05) is 16.4 Å². The highest BCUT2D eigenvalue weighted by molar-refractivity contribution is 6.30. The SMILES string of the molecule is CCOc1cc([C@H]2C(C(=O)Nc3ccc(OC)cc3)=C(C)Nc3ncnn32)ccc1OCc1ccc(Cl)cc1. The second kappa shape index (κ2) is 11.5. The van der Waals surface area contributed by atoms with E-state index in [0.29, 0.717) is 58.4 Å². The summed E-state index contributed by atoms with van der Waals surface area (Å²) in [5.74, 6) is 2.14. The number of methoxy groups -OCH3 is 1. The van der Waals surface area contributed by atoms with Crippen LogP contribution in [0.25, 0.3) is 0 Å². The van der Waals surface area contributed by atoms with Gasteiger partial charge >= 0.3 is 0 Å². The van der Waals surface area contributed by atoms with Crippen LogP contribution in [0.5, 0.6) is 17.2 Å². The second-order valence-electron chi connectivity index (χ2n) is 8.83. The molecule has 10 heteroatoms. The van der Waals surface area contributed by atoms with Crippen LogP contribution in [0, 0.1) is 0 Å². The van der Waals surface area contributed by atoms with Crippen molar-refractivity contribution in [3.63, 3.8) is 0 Å². The van der Waals surface area contributed by atoms with E-state index in [2.05, 4.69) is 20.7 Å². The number of nitrogens with zero attached hydrogens (tertiary/aromatic N) is 3. The molecule has 0 aliphatic carbocycles. The Morgan fingerprint density at radius 2 is 1.82 bits per heavy atom. The molecule has 0 saturated heterocycles. The van der Waals surface area contributed by atoms with Gasteiger partial charge < -0.3 is 24.8 Å². The number of hydrogen-bond donors (Lipinski definition) is 2. The highest BCUT2D eigenvalue weighted by atomic mass is 35.5. The Morgan fingerprint density at radius 1 is 1.05 bits per heavy atom. The monoisotopic (exact) mass is 545 g/mol. The third-order valence-electron chi connectivity index (χ3n) is 6.28. The van der Waals surface area contributed by atoms with Crippen LogP contribution in [0.2, 0.25) is 5.02 Å². The molecule has 1 aliphatic heterocycles. The largest absolute Gasteiger partial charge is 0.497 e. The van der Waals surface area contributed by atoms with Crippen LogP contribution in [0.3, 0.4) is 0 Å². The van der Waals surface area contributed by atoms with Gasteiger partial charge in [-0.05, 0) is 73.5 Å². The van der Waals surface area contributed by atoms with Crippen molar-refractivity contribution >= 4 is 29.1 Å². The maximum Gasteiger partial charge on any atom is 0.255 e. The van der Waals surface area contributed by atoms with E-state index in [1.807, 2.05) is 56.3 Å². The molecule has 39 heavy (non-hydrogen) atoms. The van der Waals surface area contributed by atoms with Gasteiger partial charge in [0.15, 0.2) is 11.5 Å². The third-order valence-corrected chi connectivity index (χ3v) is 6.53.